The normalized spacial score (nSPS) is 40.5. The molecule has 2 fully saturated rings. The average molecular weight is 273 g/mol. The Bertz CT molecular complexity index is 371. The SMILES string of the molecule is C[C@@H]1O[C@@H](OCCN=[N+]=[N-])[C@@H](O)[C@@H]2OC(C)(C)O[C@@H]21. The van der Waals surface area contributed by atoms with Gasteiger partial charge in [0.15, 0.2) is 12.1 Å². The van der Waals surface area contributed by atoms with E-state index in [1.807, 2.05) is 6.92 Å². The second-order valence-electron chi connectivity index (χ2n) is 5.09. The van der Waals surface area contributed by atoms with Crippen molar-refractivity contribution >= 4 is 0 Å². The number of nitrogens with zero attached hydrogens (tertiary/aromatic N) is 3. The van der Waals surface area contributed by atoms with E-state index in [1.54, 1.807) is 13.8 Å². The Morgan fingerprint density at radius 2 is 2.05 bits per heavy atom. The molecule has 1 N–H and O–H groups in total. The van der Waals surface area contributed by atoms with Crippen LogP contribution in [0.2, 0.25) is 0 Å². The number of ether oxygens (including phenoxy) is 4. The van der Waals surface area contributed by atoms with E-state index in [-0.39, 0.29) is 25.4 Å². The van der Waals surface area contributed by atoms with Crippen LogP contribution in [0.4, 0.5) is 0 Å². The zero-order chi connectivity index (χ0) is 14.0. The van der Waals surface area contributed by atoms with E-state index in [1.165, 1.54) is 0 Å². The lowest BCUT2D eigenvalue weighted by Gasteiger charge is -2.38. The van der Waals surface area contributed by atoms with E-state index in [0.29, 0.717) is 0 Å². The number of fused-ring (bicyclic) bond motifs is 1. The molecule has 8 heteroatoms. The van der Waals surface area contributed by atoms with E-state index in [9.17, 15) is 5.11 Å². The lowest BCUT2D eigenvalue weighted by atomic mass is 10.0. The lowest BCUT2D eigenvalue weighted by molar-refractivity contribution is -0.272. The van der Waals surface area contributed by atoms with Gasteiger partial charge in [-0.1, -0.05) is 5.11 Å². The first kappa shape index (κ1) is 14.5. The van der Waals surface area contributed by atoms with Gasteiger partial charge in [-0.2, -0.15) is 0 Å². The molecular formula is C11H19N3O5. The molecule has 19 heavy (non-hydrogen) atoms. The molecule has 0 bridgehead atoms. The maximum Gasteiger partial charge on any atom is 0.186 e. The molecule has 0 aromatic heterocycles. The predicted molar refractivity (Wildman–Crippen MR) is 64.1 cm³/mol. The third-order valence-corrected chi connectivity index (χ3v) is 3.13. The zero-order valence-corrected chi connectivity index (χ0v) is 11.2. The molecule has 0 saturated carbocycles. The molecule has 108 valence electrons. The Balaban J connectivity index is 1.96. The van der Waals surface area contributed by atoms with Gasteiger partial charge in [0.05, 0.1) is 12.7 Å². The Hall–Kier alpha value is -0.890. The summed E-state index contributed by atoms with van der Waals surface area (Å²) >= 11 is 0. The van der Waals surface area contributed by atoms with Crippen molar-refractivity contribution in [2.45, 2.75) is 57.3 Å². The van der Waals surface area contributed by atoms with Crippen molar-refractivity contribution in [3.8, 4) is 0 Å². The second kappa shape index (κ2) is 5.62. The molecule has 0 aliphatic carbocycles. The van der Waals surface area contributed by atoms with Gasteiger partial charge in [-0.25, -0.2) is 0 Å². The highest BCUT2D eigenvalue weighted by Crippen LogP contribution is 2.37. The minimum absolute atomic E-state index is 0.181. The van der Waals surface area contributed by atoms with Crippen molar-refractivity contribution < 1.29 is 24.1 Å². The summed E-state index contributed by atoms with van der Waals surface area (Å²) in [4.78, 5) is 2.62. The first-order chi connectivity index (χ1) is 8.94. The highest BCUT2D eigenvalue weighted by atomic mass is 16.8. The highest BCUT2D eigenvalue weighted by Gasteiger charge is 2.53. The summed E-state index contributed by atoms with van der Waals surface area (Å²) in [6, 6.07) is 0. The predicted octanol–water partition coefficient (Wildman–Crippen LogP) is 0.939. The van der Waals surface area contributed by atoms with Crippen molar-refractivity contribution in [3.63, 3.8) is 0 Å². The lowest BCUT2D eigenvalue weighted by Crippen LogP contribution is -2.56. The minimum Gasteiger partial charge on any atom is -0.385 e. The Kier molecular flexibility index (Phi) is 4.29. The van der Waals surface area contributed by atoms with Crippen LogP contribution in [0.5, 0.6) is 0 Å². The maximum absolute atomic E-state index is 10.2. The molecule has 2 saturated heterocycles. The van der Waals surface area contributed by atoms with Gasteiger partial charge in [0, 0.05) is 11.5 Å². The summed E-state index contributed by atoms with van der Waals surface area (Å²) in [5.74, 6) is -0.742. The number of azide groups is 1. The van der Waals surface area contributed by atoms with Crippen LogP contribution in [-0.4, -0.2) is 54.8 Å². The first-order valence-corrected chi connectivity index (χ1v) is 6.26. The van der Waals surface area contributed by atoms with Crippen LogP contribution >= 0.6 is 0 Å². The van der Waals surface area contributed by atoms with Crippen LogP contribution in [0.15, 0.2) is 5.11 Å². The smallest absolute Gasteiger partial charge is 0.186 e. The molecule has 0 aromatic rings. The maximum atomic E-state index is 10.2. The molecule has 0 unspecified atom stereocenters. The van der Waals surface area contributed by atoms with Gasteiger partial charge in [-0.05, 0) is 26.3 Å². The van der Waals surface area contributed by atoms with Gasteiger partial charge >= 0.3 is 0 Å². The minimum atomic E-state index is -0.936. The number of rotatable bonds is 4. The van der Waals surface area contributed by atoms with Crippen LogP contribution in [0.1, 0.15) is 20.8 Å². The van der Waals surface area contributed by atoms with E-state index in [2.05, 4.69) is 10.0 Å². The fourth-order valence-corrected chi connectivity index (χ4v) is 2.36. The number of aliphatic hydroxyl groups excluding tert-OH is 1. The number of hydrogen-bond acceptors (Lipinski definition) is 6. The standard InChI is InChI=1S/C11H19N3O5/c1-6-8-9(19-11(2,3)18-8)7(15)10(17-6)16-5-4-13-14-12/h6-10,15H,4-5H2,1-3H3/t6-,7-,8+,9-,10+/m0/s1. The van der Waals surface area contributed by atoms with E-state index in [4.69, 9.17) is 24.5 Å². The third-order valence-electron chi connectivity index (χ3n) is 3.13. The number of hydrogen-bond donors (Lipinski definition) is 1. The van der Waals surface area contributed by atoms with Crippen LogP contribution in [0, 0.1) is 0 Å². The molecule has 8 nitrogen and oxygen atoms in total. The van der Waals surface area contributed by atoms with Gasteiger partial charge in [0.1, 0.15) is 18.3 Å². The molecule has 2 aliphatic heterocycles. The van der Waals surface area contributed by atoms with Crippen molar-refractivity contribution in [1.82, 2.24) is 0 Å². The molecule has 0 spiro atoms. The van der Waals surface area contributed by atoms with Gasteiger partial charge in [0.2, 0.25) is 0 Å². The van der Waals surface area contributed by atoms with Gasteiger partial charge in [-0.15, -0.1) is 0 Å². The topological polar surface area (TPSA) is 106 Å². The molecule has 2 heterocycles. The van der Waals surface area contributed by atoms with Crippen LogP contribution in [-0.2, 0) is 18.9 Å². The molecule has 2 rings (SSSR count). The summed E-state index contributed by atoms with van der Waals surface area (Å²) in [6.45, 7) is 5.80. The Morgan fingerprint density at radius 1 is 1.37 bits per heavy atom. The number of aliphatic hydroxyl groups is 1. The first-order valence-electron chi connectivity index (χ1n) is 6.26. The fourth-order valence-electron chi connectivity index (χ4n) is 2.36. The fraction of sp³-hybridized carbons (Fsp3) is 1.00. The summed E-state index contributed by atoms with van der Waals surface area (Å²) in [6.07, 6.45) is -2.79. The van der Waals surface area contributed by atoms with Crippen LogP contribution in [0.3, 0.4) is 0 Å². The second-order valence-corrected chi connectivity index (χ2v) is 5.09. The quantitative estimate of drug-likeness (QED) is 0.355. The Morgan fingerprint density at radius 3 is 2.74 bits per heavy atom. The summed E-state index contributed by atoms with van der Waals surface area (Å²) < 4.78 is 22.3. The van der Waals surface area contributed by atoms with Gasteiger partial charge in [0.25, 0.3) is 0 Å². The Labute approximate surface area is 111 Å². The van der Waals surface area contributed by atoms with Crippen molar-refractivity contribution in [2.24, 2.45) is 5.11 Å². The molecular weight excluding hydrogens is 254 g/mol. The zero-order valence-electron chi connectivity index (χ0n) is 11.2. The molecule has 5 atom stereocenters. The molecule has 0 amide bonds. The van der Waals surface area contributed by atoms with E-state index in [0.717, 1.165) is 0 Å². The van der Waals surface area contributed by atoms with Gasteiger partial charge < -0.3 is 24.1 Å². The van der Waals surface area contributed by atoms with E-state index < -0.39 is 24.3 Å². The summed E-state index contributed by atoms with van der Waals surface area (Å²) in [7, 11) is 0. The van der Waals surface area contributed by atoms with Gasteiger partial charge in [-0.3, -0.25) is 0 Å². The van der Waals surface area contributed by atoms with Crippen molar-refractivity contribution in [2.75, 3.05) is 13.2 Å². The molecule has 0 radical (unpaired) electrons. The van der Waals surface area contributed by atoms with Crippen LogP contribution < -0.4 is 0 Å². The largest absolute Gasteiger partial charge is 0.385 e. The third kappa shape index (κ3) is 3.17. The summed E-state index contributed by atoms with van der Waals surface area (Å²) in [5, 5.41) is 13.5. The van der Waals surface area contributed by atoms with Crippen molar-refractivity contribution in [3.05, 3.63) is 10.4 Å². The highest BCUT2D eigenvalue weighted by molar-refractivity contribution is 4.95. The average Bonchev–Trinajstić information content (AvgIpc) is 2.67. The van der Waals surface area contributed by atoms with E-state index >= 15 is 0 Å². The van der Waals surface area contributed by atoms with Crippen LogP contribution in [0.25, 0.3) is 10.4 Å². The monoisotopic (exact) mass is 273 g/mol. The molecule has 0 aromatic carbocycles. The summed E-state index contributed by atoms with van der Waals surface area (Å²) in [5.41, 5.74) is 8.16. The van der Waals surface area contributed by atoms with Crippen molar-refractivity contribution in [1.29, 1.82) is 0 Å². The molecule has 2 aliphatic rings.